The fraction of sp³-hybridized carbons (Fsp3) is 0.350. The molecule has 0 spiro atoms. The molecule has 32 heavy (non-hydrogen) atoms. The van der Waals surface area contributed by atoms with E-state index in [0.29, 0.717) is 54.1 Å². The van der Waals surface area contributed by atoms with E-state index in [1.807, 2.05) is 0 Å². The van der Waals surface area contributed by atoms with Gasteiger partial charge in [-0.15, -0.1) is 0 Å². The van der Waals surface area contributed by atoms with Crippen LogP contribution in [0.2, 0.25) is 0 Å². The Kier molecular flexibility index (Phi) is 6.53. The maximum atomic E-state index is 15.5. The molecule has 1 fully saturated rings. The number of benzene rings is 1. The smallest absolute Gasteiger partial charge is 0.232 e. The molecule has 9 nitrogen and oxygen atoms in total. The summed E-state index contributed by atoms with van der Waals surface area (Å²) in [7, 11) is -3.65. The Bertz CT molecular complexity index is 1210. The minimum atomic E-state index is -3.65. The molecule has 3 N–H and O–H groups in total. The zero-order chi connectivity index (χ0) is 22.7. The summed E-state index contributed by atoms with van der Waals surface area (Å²) in [4.78, 5) is 15.6. The molecule has 0 unspecified atom stereocenters. The van der Waals surface area contributed by atoms with Crippen LogP contribution >= 0.6 is 11.3 Å². The molecular weight excluding hydrogens is 455 g/mol. The third kappa shape index (κ3) is 4.81. The van der Waals surface area contributed by atoms with E-state index in [1.165, 1.54) is 23.6 Å². The minimum Gasteiger partial charge on any atom is -0.378 e. The number of halogens is 1. The number of morpholine rings is 1. The van der Waals surface area contributed by atoms with Gasteiger partial charge in [0.15, 0.2) is 10.9 Å². The highest BCUT2D eigenvalue weighted by Crippen LogP contribution is 2.41. The van der Waals surface area contributed by atoms with Gasteiger partial charge in [0, 0.05) is 24.8 Å². The number of hydrogen-bond acceptors (Lipinski definition) is 9. The Morgan fingerprint density at radius 3 is 2.75 bits per heavy atom. The van der Waals surface area contributed by atoms with Crippen LogP contribution in [0.5, 0.6) is 0 Å². The zero-order valence-electron chi connectivity index (χ0n) is 17.4. The van der Waals surface area contributed by atoms with E-state index in [0.717, 1.165) is 0 Å². The molecule has 12 heteroatoms. The SMILES string of the molecule is CCCS(=O)(=O)Nc1cccc(-c2nc(N3CCOCC3)sc2-c2ccnc(N)n2)c1F. The first kappa shape index (κ1) is 22.4. The minimum absolute atomic E-state index is 0.0938. The fourth-order valence-electron chi connectivity index (χ4n) is 3.34. The number of thiazole rings is 1. The van der Waals surface area contributed by atoms with E-state index in [9.17, 15) is 8.42 Å². The monoisotopic (exact) mass is 478 g/mol. The van der Waals surface area contributed by atoms with Gasteiger partial charge in [-0.3, -0.25) is 4.72 Å². The molecule has 0 bridgehead atoms. The van der Waals surface area contributed by atoms with Gasteiger partial charge in [0.2, 0.25) is 16.0 Å². The molecule has 4 rings (SSSR count). The van der Waals surface area contributed by atoms with Gasteiger partial charge >= 0.3 is 0 Å². The normalized spacial score (nSPS) is 14.5. The highest BCUT2D eigenvalue weighted by molar-refractivity contribution is 7.92. The molecule has 1 aromatic carbocycles. The van der Waals surface area contributed by atoms with Crippen LogP contribution in [0.25, 0.3) is 21.8 Å². The molecule has 3 heterocycles. The molecule has 1 aliphatic rings. The number of nitrogen functional groups attached to an aromatic ring is 1. The van der Waals surface area contributed by atoms with Gasteiger partial charge in [0.1, 0.15) is 0 Å². The van der Waals surface area contributed by atoms with Gasteiger partial charge in [-0.05, 0) is 24.6 Å². The molecule has 0 radical (unpaired) electrons. The van der Waals surface area contributed by atoms with Crippen molar-refractivity contribution in [3.63, 3.8) is 0 Å². The van der Waals surface area contributed by atoms with Gasteiger partial charge < -0.3 is 15.4 Å². The molecule has 0 aliphatic carbocycles. The summed E-state index contributed by atoms with van der Waals surface area (Å²) in [6.07, 6.45) is 1.95. The van der Waals surface area contributed by atoms with Gasteiger partial charge in [-0.1, -0.05) is 24.3 Å². The summed E-state index contributed by atoms with van der Waals surface area (Å²) < 4.78 is 47.6. The molecule has 0 atom stereocenters. The van der Waals surface area contributed by atoms with Crippen molar-refractivity contribution >= 4 is 38.1 Å². The first-order valence-corrected chi connectivity index (χ1v) is 12.6. The maximum Gasteiger partial charge on any atom is 0.232 e. The summed E-state index contributed by atoms with van der Waals surface area (Å²) in [5.41, 5.74) is 6.70. The third-order valence-corrected chi connectivity index (χ3v) is 7.41. The van der Waals surface area contributed by atoms with Crippen molar-refractivity contribution < 1.29 is 17.5 Å². The standard InChI is InChI=1S/C20H23FN6O3S2/c1-2-12-32(28,29)26-14-5-3-4-13(16(14)21)17-18(15-6-7-23-19(22)24-15)31-20(25-17)27-8-10-30-11-9-27/h3-7,26H,2,8-12H2,1H3,(H2,22,23,24). The van der Waals surface area contributed by atoms with E-state index < -0.39 is 15.8 Å². The van der Waals surface area contributed by atoms with Crippen LogP contribution in [0.4, 0.5) is 21.2 Å². The first-order valence-electron chi connectivity index (χ1n) is 10.1. The van der Waals surface area contributed by atoms with Gasteiger partial charge in [0.05, 0.1) is 40.9 Å². The first-order chi connectivity index (χ1) is 15.4. The quantitative estimate of drug-likeness (QED) is 0.531. The largest absolute Gasteiger partial charge is 0.378 e. The Labute approximate surface area is 189 Å². The van der Waals surface area contributed by atoms with Crippen molar-refractivity contribution in [2.24, 2.45) is 0 Å². The van der Waals surface area contributed by atoms with Crippen molar-refractivity contribution in [1.82, 2.24) is 15.0 Å². The second kappa shape index (κ2) is 9.35. The molecule has 1 saturated heterocycles. The van der Waals surface area contributed by atoms with Crippen molar-refractivity contribution in [3.05, 3.63) is 36.3 Å². The molecule has 2 aromatic heterocycles. The van der Waals surface area contributed by atoms with E-state index in [-0.39, 0.29) is 23.0 Å². The Balaban J connectivity index is 1.82. The average Bonchev–Trinajstić information content (AvgIpc) is 3.21. The van der Waals surface area contributed by atoms with Crippen LogP contribution in [0.3, 0.4) is 0 Å². The number of aromatic nitrogens is 3. The number of nitrogens with zero attached hydrogens (tertiary/aromatic N) is 4. The number of ether oxygens (including phenoxy) is 1. The van der Waals surface area contributed by atoms with E-state index in [1.54, 1.807) is 25.1 Å². The van der Waals surface area contributed by atoms with E-state index >= 15 is 4.39 Å². The maximum absolute atomic E-state index is 15.5. The predicted octanol–water partition coefficient (Wildman–Crippen LogP) is 2.98. The van der Waals surface area contributed by atoms with Gasteiger partial charge in [0.25, 0.3) is 0 Å². The van der Waals surface area contributed by atoms with Crippen LogP contribution in [0.1, 0.15) is 13.3 Å². The number of sulfonamides is 1. The highest BCUT2D eigenvalue weighted by atomic mass is 32.2. The van der Waals surface area contributed by atoms with Crippen molar-refractivity contribution in [1.29, 1.82) is 0 Å². The topological polar surface area (TPSA) is 123 Å². The predicted molar refractivity (Wildman–Crippen MR) is 124 cm³/mol. The lowest BCUT2D eigenvalue weighted by atomic mass is 10.1. The lowest BCUT2D eigenvalue weighted by molar-refractivity contribution is 0.122. The highest BCUT2D eigenvalue weighted by Gasteiger charge is 2.24. The van der Waals surface area contributed by atoms with Crippen LogP contribution in [-0.4, -0.2) is 55.4 Å². The van der Waals surface area contributed by atoms with E-state index in [2.05, 4.69) is 19.6 Å². The third-order valence-electron chi connectivity index (χ3n) is 4.80. The Morgan fingerprint density at radius 1 is 1.25 bits per heavy atom. The molecule has 3 aromatic rings. The molecule has 0 saturated carbocycles. The summed E-state index contributed by atoms with van der Waals surface area (Å²) in [6, 6.07) is 6.24. The summed E-state index contributed by atoms with van der Waals surface area (Å²) in [5.74, 6) is -0.703. The van der Waals surface area contributed by atoms with Gasteiger partial charge in [-0.25, -0.2) is 27.8 Å². The average molecular weight is 479 g/mol. The summed E-state index contributed by atoms with van der Waals surface area (Å²) >= 11 is 1.37. The lowest BCUT2D eigenvalue weighted by Gasteiger charge is -2.26. The summed E-state index contributed by atoms with van der Waals surface area (Å²) in [5, 5.41) is 0.701. The van der Waals surface area contributed by atoms with Crippen LogP contribution in [-0.2, 0) is 14.8 Å². The molecular formula is C20H23FN6O3S2. The molecule has 170 valence electrons. The Hall–Kier alpha value is -2.83. The zero-order valence-corrected chi connectivity index (χ0v) is 19.0. The second-order valence-corrected chi connectivity index (χ2v) is 9.98. The van der Waals surface area contributed by atoms with Crippen LogP contribution < -0.4 is 15.4 Å². The van der Waals surface area contributed by atoms with Gasteiger partial charge in [-0.2, -0.15) is 0 Å². The second-order valence-electron chi connectivity index (χ2n) is 7.16. The van der Waals surface area contributed by atoms with E-state index in [4.69, 9.17) is 15.5 Å². The lowest BCUT2D eigenvalue weighted by Crippen LogP contribution is -2.36. The van der Waals surface area contributed by atoms with Crippen LogP contribution in [0, 0.1) is 5.82 Å². The van der Waals surface area contributed by atoms with Crippen molar-refractivity contribution in [3.8, 4) is 21.8 Å². The fourth-order valence-corrected chi connectivity index (χ4v) is 5.57. The van der Waals surface area contributed by atoms with Crippen molar-refractivity contribution in [2.75, 3.05) is 47.4 Å². The number of anilines is 3. The summed E-state index contributed by atoms with van der Waals surface area (Å²) in [6.45, 7) is 4.23. The number of nitrogens with two attached hydrogens (primary N) is 1. The van der Waals surface area contributed by atoms with Crippen LogP contribution in [0.15, 0.2) is 30.5 Å². The van der Waals surface area contributed by atoms with Crippen molar-refractivity contribution in [2.45, 2.75) is 13.3 Å². The Morgan fingerprint density at radius 2 is 2.03 bits per heavy atom. The number of rotatable bonds is 7. The number of hydrogen-bond donors (Lipinski definition) is 2. The molecule has 1 aliphatic heterocycles. The molecule has 0 amide bonds. The number of nitrogens with one attached hydrogen (secondary N) is 1.